The summed E-state index contributed by atoms with van der Waals surface area (Å²) in [7, 11) is 0. The lowest BCUT2D eigenvalue weighted by molar-refractivity contribution is -0.130. The van der Waals surface area contributed by atoms with Crippen LogP contribution in [0.4, 0.5) is 0 Å². The molecule has 1 aliphatic heterocycles. The molecular weight excluding hydrogens is 392 g/mol. The predicted octanol–water partition coefficient (Wildman–Crippen LogP) is 0.816. The molecule has 0 aliphatic carbocycles. The topological polar surface area (TPSA) is 105 Å². The van der Waals surface area contributed by atoms with Gasteiger partial charge in [-0.1, -0.05) is 18.7 Å². The van der Waals surface area contributed by atoms with E-state index >= 15 is 0 Å². The van der Waals surface area contributed by atoms with Crippen molar-refractivity contribution in [3.8, 4) is 0 Å². The van der Waals surface area contributed by atoms with Crippen molar-refractivity contribution < 1.29 is 28.5 Å². The maximum absolute atomic E-state index is 12.1. The van der Waals surface area contributed by atoms with E-state index in [1.54, 1.807) is 9.58 Å². The lowest BCUT2D eigenvalue weighted by atomic mass is 10.1. The maximum atomic E-state index is 12.1. The number of aromatic nitrogens is 3. The van der Waals surface area contributed by atoms with Crippen LogP contribution in [0.15, 0.2) is 18.5 Å². The van der Waals surface area contributed by atoms with E-state index in [1.165, 1.54) is 0 Å². The van der Waals surface area contributed by atoms with E-state index in [2.05, 4.69) is 16.9 Å². The van der Waals surface area contributed by atoms with E-state index < -0.39 is 0 Å². The standard InChI is InChI=1S/C20H32N4O6/c1-17-14-18(2)24(20(17)26)16-19-15-23(22-21-19)4-7-28-9-11-30-13-12-29-10-8-27-6-3-5-25/h5,15,17H,2-4,6-14,16H2,1H3. The zero-order valence-corrected chi connectivity index (χ0v) is 17.7. The number of aldehydes is 1. The van der Waals surface area contributed by atoms with Crippen LogP contribution in [0.2, 0.25) is 0 Å². The van der Waals surface area contributed by atoms with Gasteiger partial charge < -0.3 is 28.6 Å². The van der Waals surface area contributed by atoms with Gasteiger partial charge in [0, 0.05) is 18.0 Å². The number of hydrogen-bond donors (Lipinski definition) is 0. The molecule has 1 unspecified atom stereocenters. The normalized spacial score (nSPS) is 16.6. The summed E-state index contributed by atoms with van der Waals surface area (Å²) in [5.74, 6) is 0.0779. The van der Waals surface area contributed by atoms with Crippen molar-refractivity contribution >= 4 is 12.2 Å². The first-order chi connectivity index (χ1) is 14.6. The van der Waals surface area contributed by atoms with Gasteiger partial charge in [0.1, 0.15) is 12.0 Å². The van der Waals surface area contributed by atoms with Gasteiger partial charge in [0.05, 0.1) is 72.1 Å². The van der Waals surface area contributed by atoms with Crippen LogP contribution >= 0.6 is 0 Å². The number of carbonyl (C=O) groups is 2. The van der Waals surface area contributed by atoms with Crippen LogP contribution in [0.25, 0.3) is 0 Å². The summed E-state index contributed by atoms with van der Waals surface area (Å²) in [6.45, 7) is 10.7. The second-order valence-corrected chi connectivity index (χ2v) is 6.97. The number of nitrogens with zero attached hydrogens (tertiary/aromatic N) is 4. The first-order valence-corrected chi connectivity index (χ1v) is 10.2. The van der Waals surface area contributed by atoms with Crippen LogP contribution in [0.5, 0.6) is 0 Å². The molecule has 10 nitrogen and oxygen atoms in total. The SMILES string of the molecule is C=C1CC(C)C(=O)N1Cc1cn(CCOCCOCCOCCOCCC=O)nn1. The monoisotopic (exact) mass is 424 g/mol. The fourth-order valence-electron chi connectivity index (χ4n) is 2.90. The van der Waals surface area contributed by atoms with Gasteiger partial charge in [-0.05, 0) is 6.42 Å². The fourth-order valence-corrected chi connectivity index (χ4v) is 2.90. The van der Waals surface area contributed by atoms with Gasteiger partial charge in [-0.25, -0.2) is 4.68 Å². The molecule has 10 heteroatoms. The van der Waals surface area contributed by atoms with Gasteiger partial charge in [0.15, 0.2) is 0 Å². The molecule has 2 heterocycles. The largest absolute Gasteiger partial charge is 0.379 e. The Morgan fingerprint density at radius 2 is 1.67 bits per heavy atom. The smallest absolute Gasteiger partial charge is 0.230 e. The van der Waals surface area contributed by atoms with Gasteiger partial charge >= 0.3 is 0 Å². The first kappa shape index (κ1) is 24.1. The molecule has 1 aliphatic rings. The van der Waals surface area contributed by atoms with Crippen molar-refractivity contribution in [3.63, 3.8) is 0 Å². The first-order valence-electron chi connectivity index (χ1n) is 10.2. The molecule has 1 aromatic heterocycles. The Balaban J connectivity index is 1.44. The minimum atomic E-state index is -0.0111. The van der Waals surface area contributed by atoms with Crippen molar-refractivity contribution in [1.82, 2.24) is 19.9 Å². The molecule has 168 valence electrons. The quantitative estimate of drug-likeness (QED) is 0.267. The summed E-state index contributed by atoms with van der Waals surface area (Å²) < 4.78 is 23.2. The van der Waals surface area contributed by atoms with E-state index in [9.17, 15) is 9.59 Å². The Bertz CT molecular complexity index is 665. The van der Waals surface area contributed by atoms with Crippen LogP contribution in [0, 0.1) is 5.92 Å². The average Bonchev–Trinajstić information content (AvgIpc) is 3.27. The lowest BCUT2D eigenvalue weighted by Crippen LogP contribution is -2.25. The fraction of sp³-hybridized carbons (Fsp3) is 0.700. The van der Waals surface area contributed by atoms with E-state index in [0.29, 0.717) is 78.8 Å². The average molecular weight is 424 g/mol. The summed E-state index contributed by atoms with van der Waals surface area (Å²) in [5, 5.41) is 8.19. The molecule has 1 atom stereocenters. The van der Waals surface area contributed by atoms with E-state index in [4.69, 9.17) is 18.9 Å². The molecule has 0 N–H and O–H groups in total. The molecule has 2 rings (SSSR count). The number of allylic oxidation sites excluding steroid dienone is 1. The second-order valence-electron chi connectivity index (χ2n) is 6.97. The molecule has 1 amide bonds. The summed E-state index contributed by atoms with van der Waals surface area (Å²) >= 11 is 0. The highest BCUT2D eigenvalue weighted by molar-refractivity contribution is 5.83. The predicted molar refractivity (Wildman–Crippen MR) is 107 cm³/mol. The third-order valence-corrected chi connectivity index (χ3v) is 4.48. The zero-order valence-electron chi connectivity index (χ0n) is 17.7. The minimum Gasteiger partial charge on any atom is -0.379 e. The van der Waals surface area contributed by atoms with Crippen LogP contribution < -0.4 is 0 Å². The molecule has 1 fully saturated rings. The number of ether oxygens (including phenoxy) is 4. The van der Waals surface area contributed by atoms with Gasteiger partial charge in [-0.3, -0.25) is 4.79 Å². The molecule has 1 saturated heterocycles. The maximum Gasteiger partial charge on any atom is 0.230 e. The van der Waals surface area contributed by atoms with E-state index in [1.807, 2.05) is 13.1 Å². The third-order valence-electron chi connectivity index (χ3n) is 4.48. The van der Waals surface area contributed by atoms with Crippen molar-refractivity contribution in [2.24, 2.45) is 5.92 Å². The molecule has 30 heavy (non-hydrogen) atoms. The van der Waals surface area contributed by atoms with Crippen LogP contribution in [0.3, 0.4) is 0 Å². The van der Waals surface area contributed by atoms with Crippen LogP contribution in [-0.2, 0) is 41.6 Å². The summed E-state index contributed by atoms with van der Waals surface area (Å²) in [6.07, 6.45) is 3.77. The number of amides is 1. The molecular formula is C20H32N4O6. The van der Waals surface area contributed by atoms with Gasteiger partial charge in [-0.15, -0.1) is 5.10 Å². The van der Waals surface area contributed by atoms with E-state index in [-0.39, 0.29) is 11.8 Å². The van der Waals surface area contributed by atoms with Crippen LogP contribution in [-0.4, -0.2) is 84.9 Å². The third kappa shape index (κ3) is 8.70. The molecule has 0 aromatic carbocycles. The zero-order chi connectivity index (χ0) is 21.6. The van der Waals surface area contributed by atoms with Crippen molar-refractivity contribution in [3.05, 3.63) is 24.2 Å². The Hall–Kier alpha value is -2.14. The highest BCUT2D eigenvalue weighted by Crippen LogP contribution is 2.27. The number of rotatable bonds is 17. The van der Waals surface area contributed by atoms with Crippen molar-refractivity contribution in [2.75, 3.05) is 52.9 Å². The molecule has 0 spiro atoms. The lowest BCUT2D eigenvalue weighted by Gasteiger charge is -2.15. The number of likely N-dealkylation sites (tertiary alicyclic amines) is 1. The highest BCUT2D eigenvalue weighted by Gasteiger charge is 2.31. The van der Waals surface area contributed by atoms with Crippen molar-refractivity contribution in [2.45, 2.75) is 32.9 Å². The van der Waals surface area contributed by atoms with Crippen LogP contribution in [0.1, 0.15) is 25.5 Å². The molecule has 1 aromatic rings. The van der Waals surface area contributed by atoms with Gasteiger partial charge in [0.25, 0.3) is 0 Å². The Labute approximate surface area is 177 Å². The Morgan fingerprint density at radius 1 is 1.07 bits per heavy atom. The van der Waals surface area contributed by atoms with Crippen molar-refractivity contribution in [1.29, 1.82) is 0 Å². The number of hydrogen-bond acceptors (Lipinski definition) is 8. The van der Waals surface area contributed by atoms with Gasteiger partial charge in [0.2, 0.25) is 5.91 Å². The molecule has 0 saturated carbocycles. The highest BCUT2D eigenvalue weighted by atomic mass is 16.6. The van der Waals surface area contributed by atoms with Gasteiger partial charge in [-0.2, -0.15) is 0 Å². The minimum absolute atomic E-state index is 0.0111. The van der Waals surface area contributed by atoms with E-state index in [0.717, 1.165) is 17.7 Å². The number of carbonyl (C=O) groups excluding carboxylic acids is 2. The Morgan fingerprint density at radius 3 is 2.23 bits per heavy atom. The Kier molecular flexibility index (Phi) is 11.2. The summed E-state index contributed by atoms with van der Waals surface area (Å²) in [4.78, 5) is 23.9. The second kappa shape index (κ2) is 14.0. The summed E-state index contributed by atoms with van der Waals surface area (Å²) in [5.41, 5.74) is 1.56. The summed E-state index contributed by atoms with van der Waals surface area (Å²) in [6, 6.07) is 0. The molecule has 0 radical (unpaired) electrons. The molecule has 0 bridgehead atoms.